The lowest BCUT2D eigenvalue weighted by atomic mass is 10.2. The summed E-state index contributed by atoms with van der Waals surface area (Å²) in [5, 5.41) is 5.47. The molecule has 1 aromatic heterocycles. The summed E-state index contributed by atoms with van der Waals surface area (Å²) in [6.07, 6.45) is 1.74. The van der Waals surface area contributed by atoms with E-state index in [1.54, 1.807) is 6.26 Å². The average molecular weight is 413 g/mol. The van der Waals surface area contributed by atoms with Crippen LogP contribution in [0.5, 0.6) is 0 Å². The van der Waals surface area contributed by atoms with E-state index in [9.17, 15) is 0 Å². The van der Waals surface area contributed by atoms with Gasteiger partial charge in [-0.15, -0.1) is 0 Å². The molecule has 0 aliphatic carbocycles. The van der Waals surface area contributed by atoms with Crippen LogP contribution in [-0.4, -0.2) is 26.0 Å². The molecule has 110 valence electrons. The van der Waals surface area contributed by atoms with Gasteiger partial charge in [-0.25, -0.2) is 4.58 Å². The van der Waals surface area contributed by atoms with Crippen molar-refractivity contribution >= 4 is 39.5 Å². The summed E-state index contributed by atoms with van der Waals surface area (Å²) in [5.41, 5.74) is 1.32. The predicted octanol–water partition coefficient (Wildman–Crippen LogP) is 3.49. The topological polar surface area (TPSA) is 28.2 Å². The van der Waals surface area contributed by atoms with Crippen molar-refractivity contribution in [2.75, 3.05) is 11.0 Å². The maximum atomic E-state index is 5.52. The number of alkyl halides is 1. The highest BCUT2D eigenvalue weighted by molar-refractivity contribution is 14.1. The van der Waals surface area contributed by atoms with E-state index in [1.807, 2.05) is 23.9 Å². The number of halogens is 1. The Morgan fingerprint density at radius 3 is 2.71 bits per heavy atom. The Bertz CT molecular complexity index is 598. The Morgan fingerprint density at radius 2 is 2.05 bits per heavy atom. The van der Waals surface area contributed by atoms with Crippen LogP contribution in [0.25, 0.3) is 0 Å². The number of thioether (sulfide) groups is 1. The Kier molecular flexibility index (Phi) is 5.24. The van der Waals surface area contributed by atoms with Crippen molar-refractivity contribution in [2.45, 2.75) is 18.3 Å². The molecule has 0 radical (unpaired) electrons. The van der Waals surface area contributed by atoms with Crippen LogP contribution in [0.4, 0.5) is 0 Å². The SMILES string of the molecule is ICC1CNC(=[N+](Cc2ccccc2)Cc2ccco2)S1. The van der Waals surface area contributed by atoms with Crippen molar-refractivity contribution in [2.24, 2.45) is 0 Å². The summed E-state index contributed by atoms with van der Waals surface area (Å²) in [7, 11) is 0. The molecule has 5 heteroatoms. The van der Waals surface area contributed by atoms with Gasteiger partial charge in [0.2, 0.25) is 0 Å². The summed E-state index contributed by atoms with van der Waals surface area (Å²) >= 11 is 4.40. The van der Waals surface area contributed by atoms with Gasteiger partial charge < -0.3 is 4.42 Å². The minimum Gasteiger partial charge on any atom is -0.465 e. The highest BCUT2D eigenvalue weighted by atomic mass is 127. The molecule has 1 N–H and O–H groups in total. The summed E-state index contributed by atoms with van der Waals surface area (Å²) in [4.78, 5) is 0. The van der Waals surface area contributed by atoms with Crippen molar-refractivity contribution in [1.29, 1.82) is 0 Å². The Hall–Kier alpha value is -0.950. The zero-order valence-corrected chi connectivity index (χ0v) is 14.6. The fourth-order valence-corrected chi connectivity index (χ4v) is 4.15. The highest BCUT2D eigenvalue weighted by Gasteiger charge is 2.28. The monoisotopic (exact) mass is 413 g/mol. The molecule has 21 heavy (non-hydrogen) atoms. The summed E-state index contributed by atoms with van der Waals surface area (Å²) in [6, 6.07) is 14.6. The molecular weight excluding hydrogens is 395 g/mol. The molecule has 1 aliphatic heterocycles. The lowest BCUT2D eigenvalue weighted by molar-refractivity contribution is -0.561. The lowest BCUT2D eigenvalue weighted by Crippen LogP contribution is -2.27. The quantitative estimate of drug-likeness (QED) is 0.462. The number of nitrogens with one attached hydrogen (secondary N) is 1. The van der Waals surface area contributed by atoms with E-state index in [4.69, 9.17) is 4.42 Å². The van der Waals surface area contributed by atoms with Gasteiger partial charge in [0.05, 0.1) is 18.1 Å². The summed E-state index contributed by atoms with van der Waals surface area (Å²) in [6.45, 7) is 2.74. The molecule has 0 saturated carbocycles. The molecule has 0 bridgehead atoms. The van der Waals surface area contributed by atoms with Gasteiger partial charge in [0.25, 0.3) is 0 Å². The average Bonchev–Trinajstić information content (AvgIpc) is 3.19. The first-order valence-corrected chi connectivity index (χ1v) is 9.40. The van der Waals surface area contributed by atoms with Crippen LogP contribution < -0.4 is 5.32 Å². The van der Waals surface area contributed by atoms with Gasteiger partial charge in [0, 0.05) is 4.43 Å². The fourth-order valence-electron chi connectivity index (χ4n) is 2.31. The molecule has 3 nitrogen and oxygen atoms in total. The number of amidine groups is 1. The number of furan rings is 1. The van der Waals surface area contributed by atoms with Crippen LogP contribution in [0.1, 0.15) is 11.3 Å². The van der Waals surface area contributed by atoms with Crippen LogP contribution >= 0.6 is 34.4 Å². The lowest BCUT2D eigenvalue weighted by Gasteiger charge is -2.08. The van der Waals surface area contributed by atoms with Crippen molar-refractivity contribution < 1.29 is 8.99 Å². The number of rotatable bonds is 5. The second-order valence-corrected chi connectivity index (χ2v) is 7.17. The Morgan fingerprint density at radius 1 is 1.19 bits per heavy atom. The van der Waals surface area contributed by atoms with Crippen molar-refractivity contribution in [3.05, 3.63) is 60.1 Å². The normalized spacial score (nSPS) is 20.3. The van der Waals surface area contributed by atoms with E-state index >= 15 is 0 Å². The van der Waals surface area contributed by atoms with Gasteiger partial charge in [-0.05, 0) is 29.5 Å². The molecule has 3 rings (SSSR count). The van der Waals surface area contributed by atoms with Gasteiger partial charge in [-0.3, -0.25) is 5.32 Å². The van der Waals surface area contributed by atoms with E-state index in [-0.39, 0.29) is 0 Å². The first-order chi connectivity index (χ1) is 10.3. The van der Waals surface area contributed by atoms with Crippen molar-refractivity contribution in [1.82, 2.24) is 5.32 Å². The third-order valence-corrected chi connectivity index (χ3v) is 6.31. The zero-order chi connectivity index (χ0) is 14.5. The molecule has 0 amide bonds. The van der Waals surface area contributed by atoms with Gasteiger partial charge in [-0.1, -0.05) is 52.9 Å². The molecule has 2 aromatic rings. The second-order valence-electron chi connectivity index (χ2n) is 5.00. The van der Waals surface area contributed by atoms with E-state index in [1.165, 1.54) is 15.2 Å². The van der Waals surface area contributed by atoms with Gasteiger partial charge in [0.1, 0.15) is 18.8 Å². The van der Waals surface area contributed by atoms with Crippen LogP contribution in [0, 0.1) is 0 Å². The highest BCUT2D eigenvalue weighted by Crippen LogP contribution is 2.21. The van der Waals surface area contributed by atoms with Crippen LogP contribution in [0.2, 0.25) is 0 Å². The molecule has 1 fully saturated rings. The fraction of sp³-hybridized carbons (Fsp3) is 0.312. The van der Waals surface area contributed by atoms with E-state index < -0.39 is 0 Å². The van der Waals surface area contributed by atoms with E-state index in [0.29, 0.717) is 5.25 Å². The van der Waals surface area contributed by atoms with Crippen molar-refractivity contribution in [3.8, 4) is 0 Å². The first-order valence-electron chi connectivity index (χ1n) is 7.00. The smallest absolute Gasteiger partial charge is 0.307 e. The third-order valence-electron chi connectivity index (χ3n) is 3.36. The van der Waals surface area contributed by atoms with Crippen LogP contribution in [0.3, 0.4) is 0 Å². The maximum absolute atomic E-state index is 5.52. The van der Waals surface area contributed by atoms with Gasteiger partial charge >= 0.3 is 5.17 Å². The summed E-state index contributed by atoms with van der Waals surface area (Å²) < 4.78 is 9.05. The largest absolute Gasteiger partial charge is 0.465 e. The molecule has 2 heterocycles. The number of benzene rings is 1. The first kappa shape index (κ1) is 15.0. The van der Waals surface area contributed by atoms with E-state index in [0.717, 1.165) is 25.4 Å². The predicted molar refractivity (Wildman–Crippen MR) is 96.1 cm³/mol. The molecule has 0 spiro atoms. The number of nitrogens with zero attached hydrogens (tertiary/aromatic N) is 1. The molecule has 1 aromatic carbocycles. The third kappa shape index (κ3) is 4.03. The molecule has 1 aliphatic rings. The van der Waals surface area contributed by atoms with Gasteiger partial charge in [-0.2, -0.15) is 0 Å². The number of hydrogen-bond donors (Lipinski definition) is 1. The van der Waals surface area contributed by atoms with Crippen LogP contribution in [0.15, 0.2) is 53.1 Å². The van der Waals surface area contributed by atoms with E-state index in [2.05, 4.69) is 62.8 Å². The molecule has 1 saturated heterocycles. The maximum Gasteiger partial charge on any atom is 0.307 e. The van der Waals surface area contributed by atoms with Crippen molar-refractivity contribution in [3.63, 3.8) is 0 Å². The summed E-state index contributed by atoms with van der Waals surface area (Å²) in [5.74, 6) is 0.999. The molecule has 1 atom stereocenters. The van der Waals surface area contributed by atoms with Crippen LogP contribution in [-0.2, 0) is 13.1 Å². The molecule has 1 unspecified atom stereocenters. The minimum absolute atomic E-state index is 0.662. The Balaban J connectivity index is 1.82. The second kappa shape index (κ2) is 7.35. The minimum atomic E-state index is 0.662. The Labute approximate surface area is 143 Å². The standard InChI is InChI=1S/C16H17IN2OS/c17-9-15-10-18-16(21-15)19(12-14-7-4-8-20-14)11-13-5-2-1-3-6-13/h1-8,15H,9-12H2/p+1. The van der Waals surface area contributed by atoms with Gasteiger partial charge in [0.15, 0.2) is 0 Å². The zero-order valence-electron chi connectivity index (χ0n) is 11.7. The molecular formula is C16H18IN2OS+. The number of hydrogen-bond acceptors (Lipinski definition) is 2.